The lowest BCUT2D eigenvalue weighted by Crippen LogP contribution is -2.19. The number of hydrogen-bond donors (Lipinski definition) is 7. The van der Waals surface area contributed by atoms with Crippen LogP contribution in [-0.2, 0) is 20.2 Å². The maximum Gasteiger partial charge on any atom is 0.335 e. The number of nitrogens with two attached hydrogens (primary N) is 1. The van der Waals surface area contributed by atoms with Crippen LogP contribution in [0.2, 0.25) is 0 Å². The van der Waals surface area contributed by atoms with E-state index in [1.54, 1.807) is 0 Å². The van der Waals surface area contributed by atoms with Crippen molar-refractivity contribution in [3.05, 3.63) is 83.9 Å². The Balaban J connectivity index is 1.68. The van der Waals surface area contributed by atoms with Crippen molar-refractivity contribution in [2.24, 2.45) is 26.2 Å². The van der Waals surface area contributed by atoms with Gasteiger partial charge < -0.3 is 26.4 Å². The van der Waals surface area contributed by atoms with E-state index in [1.807, 2.05) is 0 Å². The van der Waals surface area contributed by atoms with Crippen molar-refractivity contribution in [1.82, 2.24) is 0 Å². The third-order valence-corrected chi connectivity index (χ3v) is 8.50. The number of fused-ring (bicyclic) bond motifs is 2. The molecule has 20 heteroatoms. The molecule has 5 aromatic rings. The summed E-state index contributed by atoms with van der Waals surface area (Å²) in [4.78, 5) is 32.8. The molecule has 2 amide bonds. The van der Waals surface area contributed by atoms with Crippen LogP contribution in [0, 0.1) is 0 Å². The molecule has 0 aliphatic rings. The number of carbonyl (C=O) groups excluding carboxylic acids is 1. The van der Waals surface area contributed by atoms with Gasteiger partial charge in [-0.05, 0) is 66.0 Å². The minimum absolute atomic E-state index is 0.0232. The van der Waals surface area contributed by atoms with E-state index >= 15 is 0 Å². The molecular formula is C29H20N6O12S2. The highest BCUT2D eigenvalue weighted by atomic mass is 32.2. The van der Waals surface area contributed by atoms with Crippen LogP contribution in [0.15, 0.2) is 103 Å². The number of phenols is 1. The van der Waals surface area contributed by atoms with Crippen LogP contribution < -0.4 is 11.1 Å². The number of phenolic OH excluding ortho intramolecular Hbond substituents is 1. The predicted molar refractivity (Wildman–Crippen MR) is 171 cm³/mol. The zero-order valence-corrected chi connectivity index (χ0v) is 25.8. The fourth-order valence-corrected chi connectivity index (χ4v) is 5.78. The molecule has 0 heterocycles. The van der Waals surface area contributed by atoms with Crippen molar-refractivity contribution in [2.75, 3.05) is 5.32 Å². The first-order valence-electron chi connectivity index (χ1n) is 13.3. The molecule has 0 aliphatic carbocycles. The highest BCUT2D eigenvalue weighted by Gasteiger charge is 2.23. The first-order valence-corrected chi connectivity index (χ1v) is 16.1. The number of azo groups is 2. The molecule has 0 saturated carbocycles. The summed E-state index contributed by atoms with van der Waals surface area (Å²) < 4.78 is 68.0. The average molecular weight is 709 g/mol. The Hall–Kier alpha value is -6.35. The molecule has 49 heavy (non-hydrogen) atoms. The van der Waals surface area contributed by atoms with Gasteiger partial charge in [0.25, 0.3) is 20.2 Å². The van der Waals surface area contributed by atoms with Crippen molar-refractivity contribution in [3.63, 3.8) is 0 Å². The van der Waals surface area contributed by atoms with Gasteiger partial charge >= 0.3 is 18.0 Å². The van der Waals surface area contributed by atoms with Crippen molar-refractivity contribution < 1.29 is 55.6 Å². The van der Waals surface area contributed by atoms with Crippen molar-refractivity contribution in [2.45, 2.75) is 9.79 Å². The summed E-state index contributed by atoms with van der Waals surface area (Å²) in [6.45, 7) is 0. The van der Waals surface area contributed by atoms with Crippen LogP contribution in [0.25, 0.3) is 21.5 Å². The Morgan fingerprint density at radius 1 is 0.653 bits per heavy atom. The highest BCUT2D eigenvalue weighted by Crippen LogP contribution is 2.43. The Bertz CT molecular complexity index is 2500. The van der Waals surface area contributed by atoms with Gasteiger partial charge in [-0.3, -0.25) is 9.11 Å². The first-order chi connectivity index (χ1) is 22.9. The second-order valence-electron chi connectivity index (χ2n) is 10.0. The molecule has 5 aromatic carbocycles. The molecule has 0 spiro atoms. The minimum atomic E-state index is -5.02. The van der Waals surface area contributed by atoms with Crippen LogP contribution in [-0.4, -0.2) is 59.2 Å². The van der Waals surface area contributed by atoms with Crippen LogP contribution >= 0.6 is 0 Å². The van der Waals surface area contributed by atoms with Gasteiger partial charge in [0, 0.05) is 21.8 Å². The molecule has 0 unspecified atom stereocenters. The minimum Gasteiger partial charge on any atom is -0.505 e. The van der Waals surface area contributed by atoms with E-state index in [1.165, 1.54) is 36.4 Å². The molecule has 0 radical (unpaired) electrons. The number of hydrogen-bond acceptors (Lipinski definition) is 12. The monoisotopic (exact) mass is 708 g/mol. The van der Waals surface area contributed by atoms with E-state index in [9.17, 15) is 55.6 Å². The zero-order chi connectivity index (χ0) is 35.8. The molecule has 0 bridgehead atoms. The summed E-state index contributed by atoms with van der Waals surface area (Å²) in [5.74, 6) is -3.62. The fraction of sp³-hybridized carbons (Fsp3) is 0. The van der Waals surface area contributed by atoms with Crippen molar-refractivity contribution in [3.8, 4) is 5.75 Å². The SMILES string of the molecule is NC(=O)Nc1ccc2cc(S(=O)(=O)O)c(N=Nc3ccc(N=Nc4cc(C(=O)O)cc(C(=O)O)c4)c4ccc(S(=O)(=O)O)cc34)c(O)c2c1. The molecule has 5 rings (SSSR count). The lowest BCUT2D eigenvalue weighted by Gasteiger charge is -2.11. The van der Waals surface area contributed by atoms with Gasteiger partial charge in [0.05, 0.1) is 33.1 Å². The van der Waals surface area contributed by atoms with Crippen LogP contribution in [0.4, 0.5) is 33.2 Å². The van der Waals surface area contributed by atoms with Gasteiger partial charge in [0.2, 0.25) is 0 Å². The summed E-state index contributed by atoms with van der Waals surface area (Å²) in [5.41, 5.74) is 3.48. The van der Waals surface area contributed by atoms with E-state index in [2.05, 4.69) is 25.8 Å². The molecule has 250 valence electrons. The van der Waals surface area contributed by atoms with Gasteiger partial charge in [0.15, 0.2) is 5.75 Å². The van der Waals surface area contributed by atoms with Gasteiger partial charge in [-0.15, -0.1) is 15.3 Å². The number of carbonyl (C=O) groups is 3. The summed E-state index contributed by atoms with van der Waals surface area (Å²) in [6, 6.07) is 12.8. The van der Waals surface area contributed by atoms with E-state index in [4.69, 9.17) is 5.73 Å². The maximum absolute atomic E-state index is 12.3. The third-order valence-electron chi connectivity index (χ3n) is 6.78. The molecule has 0 aliphatic heterocycles. The number of urea groups is 1. The van der Waals surface area contributed by atoms with E-state index in [-0.39, 0.29) is 55.4 Å². The molecular weight excluding hydrogens is 688 g/mol. The Kier molecular flexibility index (Phi) is 8.80. The number of carboxylic acids is 2. The molecule has 0 aromatic heterocycles. The van der Waals surface area contributed by atoms with Gasteiger partial charge in [0.1, 0.15) is 10.6 Å². The molecule has 0 atom stereocenters. The zero-order valence-electron chi connectivity index (χ0n) is 24.2. The largest absolute Gasteiger partial charge is 0.505 e. The van der Waals surface area contributed by atoms with Gasteiger partial charge in [-0.25, -0.2) is 14.4 Å². The number of primary amides is 1. The number of benzene rings is 5. The quantitative estimate of drug-likeness (QED) is 0.0694. The lowest BCUT2D eigenvalue weighted by molar-refractivity contribution is 0.0696. The summed E-state index contributed by atoms with van der Waals surface area (Å²) in [7, 11) is -9.79. The smallest absolute Gasteiger partial charge is 0.335 e. The fourth-order valence-electron chi connectivity index (χ4n) is 4.62. The normalized spacial score (nSPS) is 12.2. The topological polar surface area (TPSA) is 308 Å². The maximum atomic E-state index is 12.3. The van der Waals surface area contributed by atoms with E-state index in [0.29, 0.717) is 0 Å². The van der Waals surface area contributed by atoms with E-state index in [0.717, 1.165) is 36.4 Å². The number of nitrogens with one attached hydrogen (secondary N) is 1. The number of aromatic carboxylic acids is 2. The summed E-state index contributed by atoms with van der Waals surface area (Å²) in [6.07, 6.45) is 0. The third kappa shape index (κ3) is 7.31. The van der Waals surface area contributed by atoms with Crippen molar-refractivity contribution in [1.29, 1.82) is 0 Å². The lowest BCUT2D eigenvalue weighted by atomic mass is 10.1. The number of anilines is 1. The molecule has 8 N–H and O–H groups in total. The molecule has 0 saturated heterocycles. The predicted octanol–water partition coefficient (Wildman–Crippen LogP) is 5.91. The number of rotatable bonds is 9. The number of amides is 2. The standard InChI is InChI=1S/C29H20N6O12S2/c30-29(41)31-16-2-1-13-10-24(49(45,46)47)25(26(36)20(13)11-16)35-34-23-6-5-22(19-4-3-18(12-21(19)23)48(42,43)44)33-32-17-8-14(27(37)38)7-15(9-17)28(39)40/h1-12,36H,(H,37,38)(H,39,40)(H3,30,31,41)(H,42,43,44)(H,45,46,47). The molecule has 0 fully saturated rings. The average Bonchev–Trinajstić information content (AvgIpc) is 3.02. The Morgan fingerprint density at radius 2 is 1.27 bits per heavy atom. The van der Waals surface area contributed by atoms with Gasteiger partial charge in [-0.1, -0.05) is 12.1 Å². The second-order valence-corrected chi connectivity index (χ2v) is 12.8. The first kappa shape index (κ1) is 34.0. The molecule has 18 nitrogen and oxygen atoms in total. The van der Waals surface area contributed by atoms with Crippen molar-refractivity contribution >= 4 is 88.2 Å². The van der Waals surface area contributed by atoms with Crippen LogP contribution in [0.1, 0.15) is 20.7 Å². The Labute approximate surface area is 274 Å². The van der Waals surface area contributed by atoms with Crippen LogP contribution in [0.5, 0.6) is 5.75 Å². The number of nitrogens with zero attached hydrogens (tertiary/aromatic N) is 4. The number of carboxylic acid groups (broad SMARTS) is 2. The van der Waals surface area contributed by atoms with Crippen LogP contribution in [0.3, 0.4) is 0 Å². The second kappa shape index (κ2) is 12.7. The Morgan fingerprint density at radius 3 is 1.84 bits per heavy atom. The van der Waals surface area contributed by atoms with E-state index < -0.39 is 59.4 Å². The highest BCUT2D eigenvalue weighted by molar-refractivity contribution is 7.86. The van der Waals surface area contributed by atoms with Gasteiger partial charge in [-0.2, -0.15) is 21.9 Å². The summed E-state index contributed by atoms with van der Waals surface area (Å²) >= 11 is 0. The number of aromatic hydroxyl groups is 1. The summed E-state index contributed by atoms with van der Waals surface area (Å²) in [5, 5.41) is 48.0.